The lowest BCUT2D eigenvalue weighted by atomic mass is 10.1. The SMILES string of the molecule is CCN(CCO)c1ccc(/N=N/c2ccc(/C=C/c3ccc(NNc4ccc(N(CC)CCO)cc4)cc3)cc2)cc1. The normalized spacial score (nSPS) is 11.2. The summed E-state index contributed by atoms with van der Waals surface area (Å²) in [5.74, 6) is 0. The summed E-state index contributed by atoms with van der Waals surface area (Å²) in [5, 5.41) is 27.1. The molecule has 0 heterocycles. The largest absolute Gasteiger partial charge is 0.395 e. The summed E-state index contributed by atoms with van der Waals surface area (Å²) in [4.78, 5) is 4.24. The zero-order chi connectivity index (χ0) is 29.6. The summed E-state index contributed by atoms with van der Waals surface area (Å²) in [7, 11) is 0. The van der Waals surface area contributed by atoms with Crippen molar-refractivity contribution in [2.45, 2.75) is 13.8 Å². The van der Waals surface area contributed by atoms with Gasteiger partial charge in [-0.2, -0.15) is 10.2 Å². The van der Waals surface area contributed by atoms with Crippen LogP contribution >= 0.6 is 0 Å². The van der Waals surface area contributed by atoms with Crippen molar-refractivity contribution in [1.29, 1.82) is 0 Å². The van der Waals surface area contributed by atoms with E-state index in [2.05, 4.69) is 69.0 Å². The van der Waals surface area contributed by atoms with Crippen molar-refractivity contribution in [2.24, 2.45) is 10.2 Å². The van der Waals surface area contributed by atoms with Crippen LogP contribution in [0.25, 0.3) is 12.2 Å². The Morgan fingerprint density at radius 2 is 0.905 bits per heavy atom. The zero-order valence-corrected chi connectivity index (χ0v) is 24.3. The monoisotopic (exact) mass is 564 g/mol. The number of anilines is 4. The molecule has 0 spiro atoms. The third-order valence-corrected chi connectivity index (χ3v) is 6.85. The highest BCUT2D eigenvalue weighted by atomic mass is 16.3. The van der Waals surface area contributed by atoms with E-state index in [1.54, 1.807) is 0 Å². The Labute approximate surface area is 248 Å². The molecule has 0 bridgehead atoms. The first-order valence-corrected chi connectivity index (χ1v) is 14.4. The van der Waals surface area contributed by atoms with Crippen LogP contribution < -0.4 is 20.7 Å². The highest BCUT2D eigenvalue weighted by Crippen LogP contribution is 2.23. The van der Waals surface area contributed by atoms with Crippen molar-refractivity contribution in [1.82, 2.24) is 0 Å². The zero-order valence-electron chi connectivity index (χ0n) is 24.3. The molecule has 0 atom stereocenters. The first kappa shape index (κ1) is 30.3. The van der Waals surface area contributed by atoms with Crippen molar-refractivity contribution < 1.29 is 10.2 Å². The molecule has 4 aromatic carbocycles. The molecule has 0 aliphatic heterocycles. The molecule has 0 radical (unpaired) electrons. The van der Waals surface area contributed by atoms with E-state index in [1.807, 2.05) is 84.9 Å². The molecule has 0 amide bonds. The summed E-state index contributed by atoms with van der Waals surface area (Å²) in [6.45, 7) is 7.35. The molecule has 4 aromatic rings. The Kier molecular flexibility index (Phi) is 11.5. The van der Waals surface area contributed by atoms with Crippen LogP contribution in [0.5, 0.6) is 0 Å². The second kappa shape index (κ2) is 16.0. The predicted octanol–water partition coefficient (Wildman–Crippen LogP) is 7.35. The minimum atomic E-state index is 0.130. The molecule has 0 aliphatic rings. The molecular weight excluding hydrogens is 524 g/mol. The number of rotatable bonds is 15. The van der Waals surface area contributed by atoms with E-state index in [9.17, 15) is 10.2 Å². The highest BCUT2D eigenvalue weighted by Gasteiger charge is 2.04. The maximum absolute atomic E-state index is 9.22. The average Bonchev–Trinajstić information content (AvgIpc) is 3.05. The third kappa shape index (κ3) is 8.92. The summed E-state index contributed by atoms with van der Waals surface area (Å²) in [5.41, 5.74) is 14.3. The summed E-state index contributed by atoms with van der Waals surface area (Å²) < 4.78 is 0. The fourth-order valence-corrected chi connectivity index (χ4v) is 4.45. The number of azo groups is 1. The minimum absolute atomic E-state index is 0.130. The van der Waals surface area contributed by atoms with Gasteiger partial charge in [-0.3, -0.25) is 0 Å². The Morgan fingerprint density at radius 1 is 0.548 bits per heavy atom. The summed E-state index contributed by atoms with van der Waals surface area (Å²) >= 11 is 0. The predicted molar refractivity (Wildman–Crippen MR) is 176 cm³/mol. The molecule has 42 heavy (non-hydrogen) atoms. The van der Waals surface area contributed by atoms with Crippen molar-refractivity contribution in [3.63, 3.8) is 0 Å². The second-order valence-electron chi connectivity index (χ2n) is 9.67. The van der Waals surface area contributed by atoms with Gasteiger partial charge in [0.25, 0.3) is 0 Å². The number of aliphatic hydroxyl groups is 2. The number of likely N-dealkylation sites (N-methyl/N-ethyl adjacent to an activating group) is 2. The highest BCUT2D eigenvalue weighted by molar-refractivity contribution is 5.71. The van der Waals surface area contributed by atoms with E-state index >= 15 is 0 Å². The average molecular weight is 565 g/mol. The van der Waals surface area contributed by atoms with E-state index < -0.39 is 0 Å². The molecule has 4 N–H and O–H groups in total. The molecule has 8 nitrogen and oxygen atoms in total. The second-order valence-corrected chi connectivity index (χ2v) is 9.67. The standard InChI is InChI=1S/C34H40N6O2/c1-3-39(23-25-41)33-19-15-31(16-20-33)37-35-29-11-7-27(8-12-29)5-6-28-9-13-30(14-10-28)36-38-32-17-21-34(22-18-32)40(4-2)24-26-42/h5-22,35,37,41-42H,3-4,23-26H2,1-2H3/b6-5+,38-36+. The number of benzene rings is 4. The lowest BCUT2D eigenvalue weighted by Gasteiger charge is -2.22. The van der Waals surface area contributed by atoms with E-state index in [1.165, 1.54) is 0 Å². The number of hydrogen-bond donors (Lipinski definition) is 4. The Hall–Kier alpha value is -4.66. The van der Waals surface area contributed by atoms with Crippen LogP contribution in [0.4, 0.5) is 34.1 Å². The minimum Gasteiger partial charge on any atom is -0.395 e. The van der Waals surface area contributed by atoms with Crippen LogP contribution in [0.3, 0.4) is 0 Å². The van der Waals surface area contributed by atoms with Gasteiger partial charge in [0.15, 0.2) is 0 Å². The number of hydrazine groups is 1. The van der Waals surface area contributed by atoms with Gasteiger partial charge in [-0.25, -0.2) is 0 Å². The van der Waals surface area contributed by atoms with Gasteiger partial charge in [0.05, 0.1) is 36.0 Å². The van der Waals surface area contributed by atoms with E-state index in [4.69, 9.17) is 0 Å². The van der Waals surface area contributed by atoms with Crippen LogP contribution in [-0.2, 0) is 0 Å². The lowest BCUT2D eigenvalue weighted by Crippen LogP contribution is -2.26. The molecule has 4 rings (SSSR count). The first-order chi connectivity index (χ1) is 20.6. The number of hydrogen-bond acceptors (Lipinski definition) is 8. The summed E-state index contributed by atoms with van der Waals surface area (Å²) in [6.07, 6.45) is 4.15. The Morgan fingerprint density at radius 3 is 1.31 bits per heavy atom. The molecule has 0 saturated carbocycles. The van der Waals surface area contributed by atoms with Gasteiger partial charge in [-0.05, 0) is 97.8 Å². The maximum Gasteiger partial charge on any atom is 0.0858 e. The summed E-state index contributed by atoms with van der Waals surface area (Å²) in [6, 6.07) is 32.2. The fourth-order valence-electron chi connectivity index (χ4n) is 4.45. The van der Waals surface area contributed by atoms with E-state index in [0.717, 1.165) is 58.3 Å². The lowest BCUT2D eigenvalue weighted by molar-refractivity contribution is 0.302. The van der Waals surface area contributed by atoms with Gasteiger partial charge in [-0.1, -0.05) is 36.4 Å². The van der Waals surface area contributed by atoms with Crippen molar-refractivity contribution >= 4 is 46.3 Å². The first-order valence-electron chi connectivity index (χ1n) is 14.4. The molecule has 0 saturated heterocycles. The van der Waals surface area contributed by atoms with E-state index in [-0.39, 0.29) is 13.2 Å². The topological polar surface area (TPSA) is 95.7 Å². The van der Waals surface area contributed by atoms with Crippen LogP contribution in [-0.4, -0.2) is 49.6 Å². The molecule has 0 fully saturated rings. The van der Waals surface area contributed by atoms with Crippen LogP contribution in [0.1, 0.15) is 25.0 Å². The number of nitrogens with one attached hydrogen (secondary N) is 2. The smallest absolute Gasteiger partial charge is 0.0858 e. The van der Waals surface area contributed by atoms with Crippen molar-refractivity contribution in [3.05, 3.63) is 108 Å². The molecule has 218 valence electrons. The molecule has 0 aromatic heterocycles. The number of nitrogens with zero attached hydrogens (tertiary/aromatic N) is 4. The molecule has 0 unspecified atom stereocenters. The van der Waals surface area contributed by atoms with Gasteiger partial charge < -0.3 is 30.9 Å². The number of aliphatic hydroxyl groups excluding tert-OH is 2. The van der Waals surface area contributed by atoms with Gasteiger partial charge in [0.1, 0.15) is 0 Å². The van der Waals surface area contributed by atoms with Gasteiger partial charge in [0.2, 0.25) is 0 Å². The van der Waals surface area contributed by atoms with Gasteiger partial charge in [0, 0.05) is 37.6 Å². The fraction of sp³-hybridized carbons (Fsp3) is 0.235. The Bertz CT molecular complexity index is 1400. The van der Waals surface area contributed by atoms with Gasteiger partial charge in [-0.15, -0.1) is 0 Å². The molecular formula is C34H40N6O2. The Balaban J connectivity index is 1.26. The van der Waals surface area contributed by atoms with Crippen LogP contribution in [0.2, 0.25) is 0 Å². The third-order valence-electron chi connectivity index (χ3n) is 6.85. The maximum atomic E-state index is 9.22. The quantitative estimate of drug-likeness (QED) is 0.0685. The van der Waals surface area contributed by atoms with E-state index in [0.29, 0.717) is 13.1 Å². The van der Waals surface area contributed by atoms with Crippen molar-refractivity contribution in [3.8, 4) is 0 Å². The van der Waals surface area contributed by atoms with Crippen LogP contribution in [0, 0.1) is 0 Å². The molecule has 0 aliphatic carbocycles. The molecule has 8 heteroatoms. The van der Waals surface area contributed by atoms with Gasteiger partial charge >= 0.3 is 0 Å². The van der Waals surface area contributed by atoms with Crippen LogP contribution in [0.15, 0.2) is 107 Å². The van der Waals surface area contributed by atoms with Crippen molar-refractivity contribution in [2.75, 3.05) is 60.0 Å².